The smallest absolute Gasteiger partial charge is 0.325 e. The van der Waals surface area contributed by atoms with Gasteiger partial charge in [-0.3, -0.25) is 0 Å². The summed E-state index contributed by atoms with van der Waals surface area (Å²) in [5.74, 6) is -4.40. The van der Waals surface area contributed by atoms with E-state index in [1.807, 2.05) is 0 Å². The first-order valence-electron chi connectivity index (χ1n) is 7.97. The first-order valence-corrected chi connectivity index (χ1v) is 7.97. The lowest BCUT2D eigenvalue weighted by molar-refractivity contribution is -0.397. The number of ether oxygens (including phenoxy) is 1. The van der Waals surface area contributed by atoms with Crippen molar-refractivity contribution in [2.24, 2.45) is 41.4 Å². The van der Waals surface area contributed by atoms with Crippen LogP contribution in [0.1, 0.15) is 19.8 Å². The van der Waals surface area contributed by atoms with Crippen molar-refractivity contribution in [2.75, 3.05) is 0 Å². The molecule has 0 spiro atoms. The summed E-state index contributed by atoms with van der Waals surface area (Å²) < 4.78 is 33.9. The summed E-state index contributed by atoms with van der Waals surface area (Å²) in [6.07, 6.45) is 4.28. The summed E-state index contributed by atoms with van der Waals surface area (Å²) in [5.41, 5.74) is 0. The first-order chi connectivity index (χ1) is 9.83. The van der Waals surface area contributed by atoms with Gasteiger partial charge >= 0.3 is 5.92 Å². The highest BCUT2D eigenvalue weighted by molar-refractivity contribution is 5.24. The summed E-state index contributed by atoms with van der Waals surface area (Å²) in [6.45, 7) is 0.983. The van der Waals surface area contributed by atoms with Crippen molar-refractivity contribution < 1.29 is 23.7 Å². The molecule has 5 aliphatic rings. The Balaban J connectivity index is 1.56. The number of rotatable bonds is 0. The maximum Gasteiger partial charge on any atom is 0.325 e. The fourth-order valence-electron chi connectivity index (χ4n) is 6.47. The van der Waals surface area contributed by atoms with Crippen molar-refractivity contribution in [3.05, 3.63) is 12.2 Å². The number of aliphatic hydroxyl groups is 2. The van der Waals surface area contributed by atoms with Gasteiger partial charge in [-0.1, -0.05) is 12.2 Å². The van der Waals surface area contributed by atoms with Crippen molar-refractivity contribution in [1.29, 1.82) is 0 Å². The second-order valence-electron chi connectivity index (χ2n) is 7.88. The molecule has 0 radical (unpaired) electrons. The van der Waals surface area contributed by atoms with Crippen molar-refractivity contribution in [3.8, 4) is 0 Å². The summed E-state index contributed by atoms with van der Waals surface area (Å²) in [4.78, 5) is 0. The fourth-order valence-corrected chi connectivity index (χ4v) is 6.47. The van der Waals surface area contributed by atoms with Gasteiger partial charge in [0.2, 0.25) is 5.79 Å². The van der Waals surface area contributed by atoms with Gasteiger partial charge in [-0.2, -0.15) is 8.78 Å². The van der Waals surface area contributed by atoms with Gasteiger partial charge in [-0.25, -0.2) is 0 Å². The van der Waals surface area contributed by atoms with Crippen LogP contribution >= 0.6 is 0 Å². The third kappa shape index (κ3) is 1.27. The maximum absolute atomic E-state index is 14.2. The first kappa shape index (κ1) is 13.0. The van der Waals surface area contributed by atoms with E-state index in [1.54, 1.807) is 0 Å². The Bertz CT molecular complexity index is 532. The fraction of sp³-hybridized carbons (Fsp3) is 0.875. The van der Waals surface area contributed by atoms with E-state index in [9.17, 15) is 19.0 Å². The Morgan fingerprint density at radius 2 is 1.67 bits per heavy atom. The predicted molar refractivity (Wildman–Crippen MR) is 69.3 cm³/mol. The van der Waals surface area contributed by atoms with Crippen LogP contribution < -0.4 is 0 Å². The molecule has 1 saturated heterocycles. The second-order valence-corrected chi connectivity index (χ2v) is 7.88. The van der Waals surface area contributed by atoms with E-state index in [1.165, 1.54) is 0 Å². The minimum Gasteiger partial charge on any atom is -0.386 e. The Hall–Kier alpha value is -0.520. The molecule has 0 aromatic carbocycles. The average Bonchev–Trinajstić information content (AvgIpc) is 3.13. The van der Waals surface area contributed by atoms with E-state index in [0.29, 0.717) is 23.7 Å². The van der Waals surface area contributed by atoms with Crippen LogP contribution in [0.25, 0.3) is 0 Å². The minimum absolute atomic E-state index is 0.113. The monoisotopic (exact) mass is 298 g/mol. The Kier molecular flexibility index (Phi) is 2.17. The van der Waals surface area contributed by atoms with Gasteiger partial charge < -0.3 is 14.9 Å². The molecular formula is C16H20F2O3. The number of hydrogen-bond donors (Lipinski definition) is 2. The number of allylic oxidation sites excluding steroid dienone is 2. The van der Waals surface area contributed by atoms with Crippen LogP contribution in [-0.4, -0.2) is 34.1 Å². The molecule has 3 saturated carbocycles. The Labute approximate surface area is 122 Å². The lowest BCUT2D eigenvalue weighted by atomic mass is 9.64. The predicted octanol–water partition coefficient (Wildman–Crippen LogP) is 1.79. The molecule has 4 aliphatic carbocycles. The zero-order chi connectivity index (χ0) is 14.7. The molecule has 10 unspecified atom stereocenters. The van der Waals surface area contributed by atoms with Gasteiger partial charge in [0.25, 0.3) is 0 Å². The normalized spacial score (nSPS) is 65.7. The number of hydrogen-bond acceptors (Lipinski definition) is 3. The molecule has 21 heavy (non-hydrogen) atoms. The van der Waals surface area contributed by atoms with Crippen LogP contribution in [0.3, 0.4) is 0 Å². The Morgan fingerprint density at radius 1 is 1.05 bits per heavy atom. The molecule has 1 aliphatic heterocycles. The van der Waals surface area contributed by atoms with Gasteiger partial charge in [0.15, 0.2) is 0 Å². The van der Waals surface area contributed by atoms with Gasteiger partial charge in [-0.05, 0) is 55.3 Å². The van der Waals surface area contributed by atoms with Crippen molar-refractivity contribution in [1.82, 2.24) is 0 Å². The SMILES string of the molecule is CC1(O)OC2C3CC(C4C5C=CC(C5)C34)C2C(O)C1(F)F. The molecule has 10 atom stereocenters. The molecule has 116 valence electrons. The molecular weight excluding hydrogens is 278 g/mol. The van der Waals surface area contributed by atoms with Gasteiger partial charge in [0.1, 0.15) is 6.10 Å². The number of halogens is 2. The standard InChI is InChI=1S/C16H20F2O3/c1-15(20)16(17,18)14(19)12-8-5-9(13(12)21-15)11-7-3-2-6(4-7)10(8)11/h2-3,6-14,19-20H,4-5H2,1H3. The number of fused-ring (bicyclic) bond motifs is 12. The lowest BCUT2D eigenvalue weighted by Crippen LogP contribution is -2.67. The van der Waals surface area contributed by atoms with Crippen LogP contribution in [0.15, 0.2) is 12.2 Å². The van der Waals surface area contributed by atoms with Gasteiger partial charge in [-0.15, -0.1) is 0 Å². The highest BCUT2D eigenvalue weighted by atomic mass is 19.3. The van der Waals surface area contributed by atoms with Crippen LogP contribution in [0.2, 0.25) is 0 Å². The average molecular weight is 298 g/mol. The molecule has 4 bridgehead atoms. The minimum atomic E-state index is -3.61. The van der Waals surface area contributed by atoms with Crippen LogP contribution in [-0.2, 0) is 4.74 Å². The molecule has 0 aromatic heterocycles. The largest absolute Gasteiger partial charge is 0.386 e. The van der Waals surface area contributed by atoms with Crippen LogP contribution in [0.5, 0.6) is 0 Å². The quantitative estimate of drug-likeness (QED) is 0.529. The molecule has 2 N–H and O–H groups in total. The van der Waals surface area contributed by atoms with E-state index < -0.39 is 29.8 Å². The zero-order valence-corrected chi connectivity index (χ0v) is 11.8. The topological polar surface area (TPSA) is 49.7 Å². The van der Waals surface area contributed by atoms with E-state index in [0.717, 1.165) is 19.8 Å². The summed E-state index contributed by atoms with van der Waals surface area (Å²) in [7, 11) is 0. The third-order valence-electron chi connectivity index (χ3n) is 7.13. The maximum atomic E-state index is 14.2. The highest BCUT2D eigenvalue weighted by Gasteiger charge is 2.74. The van der Waals surface area contributed by atoms with Gasteiger partial charge in [0, 0.05) is 5.92 Å². The summed E-state index contributed by atoms with van der Waals surface area (Å²) in [5, 5.41) is 20.2. The highest BCUT2D eigenvalue weighted by Crippen LogP contribution is 2.70. The molecule has 0 amide bonds. The second kappa shape index (κ2) is 3.52. The lowest BCUT2D eigenvalue weighted by Gasteiger charge is -2.52. The molecule has 4 fully saturated rings. The molecule has 5 heteroatoms. The number of alkyl halides is 2. The van der Waals surface area contributed by atoms with E-state index in [-0.39, 0.29) is 11.8 Å². The summed E-state index contributed by atoms with van der Waals surface area (Å²) >= 11 is 0. The molecule has 0 aromatic rings. The molecule has 3 nitrogen and oxygen atoms in total. The van der Waals surface area contributed by atoms with E-state index >= 15 is 0 Å². The van der Waals surface area contributed by atoms with Crippen LogP contribution in [0.4, 0.5) is 8.78 Å². The summed E-state index contributed by atoms with van der Waals surface area (Å²) in [6, 6.07) is 0. The zero-order valence-electron chi connectivity index (χ0n) is 11.8. The van der Waals surface area contributed by atoms with Crippen LogP contribution in [0, 0.1) is 41.4 Å². The molecule has 1 heterocycles. The van der Waals surface area contributed by atoms with E-state index in [2.05, 4.69) is 12.2 Å². The van der Waals surface area contributed by atoms with E-state index in [4.69, 9.17) is 4.74 Å². The number of aliphatic hydroxyl groups excluding tert-OH is 1. The Morgan fingerprint density at radius 3 is 2.33 bits per heavy atom. The molecule has 5 rings (SSSR count). The van der Waals surface area contributed by atoms with Gasteiger partial charge in [0.05, 0.1) is 6.10 Å². The third-order valence-corrected chi connectivity index (χ3v) is 7.13. The van der Waals surface area contributed by atoms with Crippen molar-refractivity contribution >= 4 is 0 Å². The van der Waals surface area contributed by atoms with Crippen molar-refractivity contribution in [3.63, 3.8) is 0 Å². The van der Waals surface area contributed by atoms with Crippen molar-refractivity contribution in [2.45, 2.75) is 43.7 Å².